The number of nitrogens with two attached hydrogens (primary N) is 3. The van der Waals surface area contributed by atoms with Crippen molar-refractivity contribution < 1.29 is 63.3 Å². The van der Waals surface area contributed by atoms with Gasteiger partial charge >= 0.3 is 11.9 Å². The first-order valence-electron chi connectivity index (χ1n) is 26.2. The Morgan fingerprint density at radius 3 is 1.99 bits per heavy atom. The number of aromatic hydroxyl groups is 1. The summed E-state index contributed by atoms with van der Waals surface area (Å²) in [5.41, 5.74) is 19.9. The molecule has 1 aliphatic heterocycles. The highest BCUT2D eigenvalue weighted by Gasteiger charge is 2.39. The van der Waals surface area contributed by atoms with Crippen molar-refractivity contribution in [2.75, 3.05) is 26.2 Å². The Morgan fingerprint density at radius 2 is 1.30 bits per heavy atom. The van der Waals surface area contributed by atoms with Crippen molar-refractivity contribution in [3.05, 3.63) is 120 Å². The number of H-pyrrole nitrogens is 2. The zero-order valence-electron chi connectivity index (χ0n) is 44.5. The van der Waals surface area contributed by atoms with E-state index in [4.69, 9.17) is 17.2 Å². The molecule has 8 amide bonds. The topological polar surface area (TPSA) is 454 Å². The summed E-state index contributed by atoms with van der Waals surface area (Å²) >= 11 is 0. The summed E-state index contributed by atoms with van der Waals surface area (Å²) in [4.78, 5) is 149. The molecule has 0 spiro atoms. The Balaban J connectivity index is 1.09. The van der Waals surface area contributed by atoms with Crippen LogP contribution in [0.1, 0.15) is 54.5 Å². The smallest absolute Gasteiger partial charge is 0.326 e. The number of aliphatic imine (C=N–C) groups is 1. The second-order valence-corrected chi connectivity index (χ2v) is 19.4. The molecule has 0 saturated carbocycles. The number of carbonyl (C=O) groups is 10. The van der Waals surface area contributed by atoms with Gasteiger partial charge in [-0.05, 0) is 60.6 Å². The van der Waals surface area contributed by atoms with Crippen LogP contribution < -0.4 is 54.4 Å². The molecular weight excluding hydrogens is 1070 g/mol. The SMILES string of the molecule is NC(N)=NCCC[C@H](N)C(=O)N[C@@H](Cc1cnc[nH]1)C(=O)N[C@@H](Cc1c[nH]c2ccccc12)C(=O)N1CCC[C@H]1C(=O)NCC(=O)NCC(=O)N[C@@H](Cc1ccccc1)C(=O)N[C@@H](CC(=O)O)C(=O)N[C@@H](Cc1ccc(O)cc1)C(=O)O. The summed E-state index contributed by atoms with van der Waals surface area (Å²) in [6.07, 6.45) is 4.20. The van der Waals surface area contributed by atoms with Gasteiger partial charge in [0, 0.05) is 67.8 Å². The van der Waals surface area contributed by atoms with Crippen molar-refractivity contribution in [3.8, 4) is 5.75 Å². The fourth-order valence-electron chi connectivity index (χ4n) is 9.08. The fourth-order valence-corrected chi connectivity index (χ4v) is 9.08. The van der Waals surface area contributed by atoms with E-state index in [2.05, 4.69) is 57.2 Å². The van der Waals surface area contributed by atoms with Gasteiger partial charge in [0.1, 0.15) is 42.0 Å². The standard InChI is InChI=1S/C54H67N15O13/c55-36(11-6-18-59-54(56)57)47(75)65-39(23-33-26-58-29-63-33)49(77)67-41(22-32-25-60-37-12-5-4-10-35(32)37)52(80)69-19-7-13-43(69)51(79)62-27-44(71)61-28-45(72)64-38(20-30-8-2-1-3-9-30)48(76)66-40(24-46(73)74)50(78)68-42(53(81)82)21-31-14-16-34(70)17-15-31/h1-5,8-10,12,14-17,25-26,29,36,38-43,60,70H,6-7,11,13,18-24,27-28,55H2,(H,58,63)(H,61,71)(H,62,79)(H,64,72)(H,65,75)(H,66,76)(H,67,77)(H,68,78)(H,73,74)(H,81,82)(H4,56,57,59)/t36-,38-,39-,40-,41-,42-,43-/m0/s1. The maximum absolute atomic E-state index is 14.7. The molecule has 0 unspecified atom stereocenters. The van der Waals surface area contributed by atoms with Gasteiger partial charge in [0.15, 0.2) is 5.96 Å². The lowest BCUT2D eigenvalue weighted by atomic mass is 10.0. The number of carboxylic acid groups (broad SMARTS) is 2. The number of carbonyl (C=O) groups excluding carboxylic acids is 8. The number of phenols is 1. The predicted molar refractivity (Wildman–Crippen MR) is 294 cm³/mol. The lowest BCUT2D eigenvalue weighted by Crippen LogP contribution is -2.59. The van der Waals surface area contributed by atoms with Crippen LogP contribution >= 0.6 is 0 Å². The predicted octanol–water partition coefficient (Wildman–Crippen LogP) is -2.55. The Labute approximate surface area is 469 Å². The number of rotatable bonds is 30. The van der Waals surface area contributed by atoms with Gasteiger partial charge < -0.3 is 84.6 Å². The summed E-state index contributed by atoms with van der Waals surface area (Å²) in [6, 6.07) is 11.6. The summed E-state index contributed by atoms with van der Waals surface area (Å²) in [7, 11) is 0. The van der Waals surface area contributed by atoms with Crippen molar-refractivity contribution in [2.24, 2.45) is 22.2 Å². The molecule has 6 rings (SSSR count). The minimum Gasteiger partial charge on any atom is -0.508 e. The number of aromatic amines is 2. The molecule has 7 atom stereocenters. The van der Waals surface area contributed by atoms with Gasteiger partial charge in [0.2, 0.25) is 47.3 Å². The molecule has 18 N–H and O–H groups in total. The van der Waals surface area contributed by atoms with Crippen molar-refractivity contribution in [2.45, 2.75) is 100 Å². The first kappa shape index (κ1) is 61.4. The molecule has 3 heterocycles. The molecule has 0 bridgehead atoms. The Hall–Kier alpha value is -9.86. The van der Waals surface area contributed by atoms with Crippen LogP contribution in [0.3, 0.4) is 0 Å². The second-order valence-electron chi connectivity index (χ2n) is 19.4. The number of para-hydroxylation sites is 1. The highest BCUT2D eigenvalue weighted by atomic mass is 16.4. The number of imidazole rings is 1. The molecule has 0 aliphatic carbocycles. The first-order chi connectivity index (χ1) is 39.2. The minimum atomic E-state index is -1.81. The molecule has 0 radical (unpaired) electrons. The van der Waals surface area contributed by atoms with Crippen molar-refractivity contribution in [1.29, 1.82) is 0 Å². The van der Waals surface area contributed by atoms with Crippen LogP contribution in [0.25, 0.3) is 10.9 Å². The number of aliphatic carboxylic acids is 2. The Kier molecular flexibility index (Phi) is 22.4. The molecule has 1 fully saturated rings. The van der Waals surface area contributed by atoms with Gasteiger partial charge in [0.05, 0.1) is 31.9 Å². The third kappa shape index (κ3) is 18.6. The average Bonchev–Trinajstić information content (AvgIpc) is 4.43. The number of amides is 8. The van der Waals surface area contributed by atoms with Gasteiger partial charge in [-0.25, -0.2) is 9.78 Å². The van der Waals surface area contributed by atoms with Gasteiger partial charge in [-0.1, -0.05) is 60.7 Å². The fraction of sp³-hybridized carbons (Fsp3) is 0.370. The van der Waals surface area contributed by atoms with Crippen LogP contribution in [-0.4, -0.2) is 169 Å². The zero-order chi connectivity index (χ0) is 59.3. The van der Waals surface area contributed by atoms with Crippen LogP contribution in [0.4, 0.5) is 0 Å². The molecule has 28 nitrogen and oxygen atoms in total. The molecule has 3 aromatic carbocycles. The number of fused-ring (bicyclic) bond motifs is 1. The molecule has 436 valence electrons. The van der Waals surface area contributed by atoms with E-state index in [1.165, 1.54) is 41.7 Å². The molecule has 5 aromatic rings. The van der Waals surface area contributed by atoms with Crippen molar-refractivity contribution >= 4 is 76.1 Å². The molecule has 82 heavy (non-hydrogen) atoms. The largest absolute Gasteiger partial charge is 0.508 e. The van der Waals surface area contributed by atoms with Crippen molar-refractivity contribution in [3.63, 3.8) is 0 Å². The van der Waals surface area contributed by atoms with E-state index >= 15 is 0 Å². The van der Waals surface area contributed by atoms with Crippen LogP contribution in [0.5, 0.6) is 5.75 Å². The van der Waals surface area contributed by atoms with Crippen LogP contribution in [0.2, 0.25) is 0 Å². The second kappa shape index (κ2) is 29.9. The lowest BCUT2D eigenvalue weighted by molar-refractivity contribution is -0.143. The highest BCUT2D eigenvalue weighted by Crippen LogP contribution is 2.23. The number of benzene rings is 3. The molecule has 2 aromatic heterocycles. The molecule has 28 heteroatoms. The number of hydrogen-bond acceptors (Lipinski definition) is 14. The number of guanidine groups is 1. The van der Waals surface area contributed by atoms with E-state index in [1.54, 1.807) is 36.5 Å². The summed E-state index contributed by atoms with van der Waals surface area (Å²) in [5.74, 6) is -9.81. The number of carboxylic acids is 2. The Morgan fingerprint density at radius 1 is 0.683 bits per heavy atom. The summed E-state index contributed by atoms with van der Waals surface area (Å²) in [5, 5.41) is 47.3. The van der Waals surface area contributed by atoms with Gasteiger partial charge in [-0.3, -0.25) is 48.1 Å². The number of nitrogens with one attached hydrogen (secondary N) is 9. The normalized spacial score (nSPS) is 15.0. The van der Waals surface area contributed by atoms with Crippen molar-refractivity contribution in [1.82, 2.24) is 57.1 Å². The van der Waals surface area contributed by atoms with E-state index in [1.807, 2.05) is 24.3 Å². The van der Waals surface area contributed by atoms with E-state index < -0.39 is 121 Å². The zero-order valence-corrected chi connectivity index (χ0v) is 44.5. The van der Waals surface area contributed by atoms with Crippen LogP contribution in [0.15, 0.2) is 103 Å². The average molecular weight is 1130 g/mol. The Bertz CT molecular complexity index is 3080. The number of hydrogen-bond donors (Lipinski definition) is 15. The van der Waals surface area contributed by atoms with E-state index in [-0.39, 0.29) is 63.3 Å². The van der Waals surface area contributed by atoms with E-state index in [0.29, 0.717) is 35.2 Å². The first-order valence-corrected chi connectivity index (χ1v) is 26.2. The quantitative estimate of drug-likeness (QED) is 0.0128. The number of aromatic nitrogens is 3. The van der Waals surface area contributed by atoms with Crippen LogP contribution in [-0.2, 0) is 73.6 Å². The third-order valence-electron chi connectivity index (χ3n) is 13.3. The van der Waals surface area contributed by atoms with Gasteiger partial charge in [0.25, 0.3) is 0 Å². The number of phenolic OH excluding ortho intramolecular Hbond substituents is 1. The molecular formula is C54H67N15O13. The monoisotopic (exact) mass is 1130 g/mol. The van der Waals surface area contributed by atoms with Gasteiger partial charge in [-0.15, -0.1) is 0 Å². The van der Waals surface area contributed by atoms with Crippen LogP contribution in [0, 0.1) is 0 Å². The summed E-state index contributed by atoms with van der Waals surface area (Å²) in [6.45, 7) is -1.05. The highest BCUT2D eigenvalue weighted by molar-refractivity contribution is 5.98. The number of nitrogens with zero attached hydrogens (tertiary/aromatic N) is 3. The minimum absolute atomic E-state index is 0.0404. The molecule has 1 saturated heterocycles. The maximum Gasteiger partial charge on any atom is 0.326 e. The number of likely N-dealkylation sites (tertiary alicyclic amines) is 1. The summed E-state index contributed by atoms with van der Waals surface area (Å²) < 4.78 is 0. The van der Waals surface area contributed by atoms with E-state index in [0.717, 1.165) is 10.9 Å². The third-order valence-corrected chi connectivity index (χ3v) is 13.3. The molecule has 1 aliphatic rings. The van der Waals surface area contributed by atoms with Gasteiger partial charge in [-0.2, -0.15) is 0 Å². The van der Waals surface area contributed by atoms with E-state index in [9.17, 15) is 63.3 Å². The lowest BCUT2D eigenvalue weighted by Gasteiger charge is -2.30. The maximum atomic E-state index is 14.7.